The molecule has 0 unspecified atom stereocenters. The van der Waals surface area contributed by atoms with Gasteiger partial charge in [0.25, 0.3) is 0 Å². The predicted octanol–water partition coefficient (Wildman–Crippen LogP) is 2.91. The van der Waals surface area contributed by atoms with E-state index in [1.807, 2.05) is 0 Å². The van der Waals surface area contributed by atoms with Crippen molar-refractivity contribution >= 4 is 0 Å². The highest BCUT2D eigenvalue weighted by Crippen LogP contribution is 2.42. The SMILES string of the molecule is FC1(F)CC(COc2cc[c]cc2)C1. The van der Waals surface area contributed by atoms with Gasteiger partial charge in [-0.05, 0) is 18.2 Å². The Kier molecular flexibility index (Phi) is 2.40. The van der Waals surface area contributed by atoms with Gasteiger partial charge < -0.3 is 4.74 Å². The molecule has 3 heteroatoms. The molecule has 0 heterocycles. The lowest BCUT2D eigenvalue weighted by atomic mass is 9.82. The van der Waals surface area contributed by atoms with Crippen LogP contribution in [0.25, 0.3) is 0 Å². The fraction of sp³-hybridized carbons (Fsp3) is 0.455. The van der Waals surface area contributed by atoms with Gasteiger partial charge in [-0.1, -0.05) is 12.1 Å². The van der Waals surface area contributed by atoms with Crippen LogP contribution in [0.3, 0.4) is 0 Å². The molecule has 1 saturated carbocycles. The van der Waals surface area contributed by atoms with Crippen molar-refractivity contribution in [3.05, 3.63) is 30.3 Å². The van der Waals surface area contributed by atoms with Crippen molar-refractivity contribution in [1.29, 1.82) is 0 Å². The Balaban J connectivity index is 1.75. The van der Waals surface area contributed by atoms with Crippen LogP contribution in [-0.4, -0.2) is 12.5 Å². The fourth-order valence-electron chi connectivity index (χ4n) is 1.58. The van der Waals surface area contributed by atoms with Crippen molar-refractivity contribution in [3.63, 3.8) is 0 Å². The lowest BCUT2D eigenvalue weighted by Gasteiger charge is -2.34. The third kappa shape index (κ3) is 2.22. The van der Waals surface area contributed by atoms with Crippen molar-refractivity contribution in [1.82, 2.24) is 0 Å². The molecule has 0 aliphatic heterocycles. The molecular formula is C11H11F2O. The summed E-state index contributed by atoms with van der Waals surface area (Å²) in [5, 5.41) is 0. The van der Waals surface area contributed by atoms with Gasteiger partial charge in [0.15, 0.2) is 0 Å². The molecule has 0 spiro atoms. The average Bonchev–Trinajstić information content (AvgIpc) is 2.13. The van der Waals surface area contributed by atoms with Gasteiger partial charge in [-0.25, -0.2) is 8.78 Å². The van der Waals surface area contributed by atoms with Crippen molar-refractivity contribution in [2.45, 2.75) is 18.8 Å². The number of hydrogen-bond donors (Lipinski definition) is 0. The fourth-order valence-corrected chi connectivity index (χ4v) is 1.58. The first-order valence-corrected chi connectivity index (χ1v) is 4.62. The van der Waals surface area contributed by atoms with Gasteiger partial charge in [0, 0.05) is 18.8 Å². The van der Waals surface area contributed by atoms with Crippen LogP contribution >= 0.6 is 0 Å². The van der Waals surface area contributed by atoms with E-state index >= 15 is 0 Å². The topological polar surface area (TPSA) is 9.23 Å². The summed E-state index contributed by atoms with van der Waals surface area (Å²) in [6.07, 6.45) is -0.0715. The highest BCUT2D eigenvalue weighted by molar-refractivity contribution is 5.20. The number of benzene rings is 1. The molecule has 0 saturated heterocycles. The van der Waals surface area contributed by atoms with Crippen LogP contribution in [0, 0.1) is 12.0 Å². The van der Waals surface area contributed by atoms with E-state index in [0.29, 0.717) is 6.61 Å². The molecule has 1 fully saturated rings. The molecule has 14 heavy (non-hydrogen) atoms. The van der Waals surface area contributed by atoms with Gasteiger partial charge in [-0.3, -0.25) is 0 Å². The van der Waals surface area contributed by atoms with Crippen molar-refractivity contribution in [3.8, 4) is 5.75 Å². The molecule has 1 aromatic carbocycles. The van der Waals surface area contributed by atoms with Crippen molar-refractivity contribution < 1.29 is 13.5 Å². The average molecular weight is 197 g/mol. The summed E-state index contributed by atoms with van der Waals surface area (Å²) in [5.41, 5.74) is 0. The normalized spacial score (nSPS) is 20.1. The smallest absolute Gasteiger partial charge is 0.248 e. The van der Waals surface area contributed by atoms with Gasteiger partial charge in [0.2, 0.25) is 5.92 Å². The van der Waals surface area contributed by atoms with E-state index in [1.54, 1.807) is 24.3 Å². The van der Waals surface area contributed by atoms with Crippen LogP contribution in [0.5, 0.6) is 5.75 Å². The van der Waals surface area contributed by atoms with Gasteiger partial charge in [0.05, 0.1) is 6.61 Å². The van der Waals surface area contributed by atoms with E-state index in [9.17, 15) is 8.78 Å². The second kappa shape index (κ2) is 3.56. The Labute approximate surface area is 81.7 Å². The van der Waals surface area contributed by atoms with Crippen LogP contribution in [0.2, 0.25) is 0 Å². The minimum Gasteiger partial charge on any atom is -0.493 e. The predicted molar refractivity (Wildman–Crippen MR) is 48.4 cm³/mol. The van der Waals surface area contributed by atoms with Crippen molar-refractivity contribution in [2.75, 3.05) is 6.61 Å². The first-order valence-electron chi connectivity index (χ1n) is 4.62. The number of halogens is 2. The Bertz CT molecular complexity index is 289. The maximum absolute atomic E-state index is 12.5. The molecule has 0 aromatic heterocycles. The van der Waals surface area contributed by atoms with Gasteiger partial charge in [0.1, 0.15) is 5.75 Å². The van der Waals surface area contributed by atoms with Gasteiger partial charge in [-0.15, -0.1) is 0 Å². The van der Waals surface area contributed by atoms with E-state index in [4.69, 9.17) is 4.74 Å². The zero-order valence-electron chi connectivity index (χ0n) is 7.67. The quantitative estimate of drug-likeness (QED) is 0.723. The molecule has 0 bridgehead atoms. The van der Waals surface area contributed by atoms with E-state index in [1.165, 1.54) is 0 Å². The number of hydrogen-bond acceptors (Lipinski definition) is 1. The lowest BCUT2D eigenvalue weighted by molar-refractivity contribution is -0.119. The molecule has 1 aliphatic rings. The summed E-state index contributed by atoms with van der Waals surface area (Å²) in [6.45, 7) is 0.388. The molecular weight excluding hydrogens is 186 g/mol. The molecule has 0 amide bonds. The first kappa shape index (κ1) is 9.44. The Morgan fingerprint density at radius 1 is 1.36 bits per heavy atom. The maximum Gasteiger partial charge on any atom is 0.248 e. The second-order valence-electron chi connectivity index (χ2n) is 3.68. The Hall–Kier alpha value is -1.12. The minimum absolute atomic E-state index is 0.00851. The molecule has 0 N–H and O–H groups in total. The van der Waals surface area contributed by atoms with E-state index < -0.39 is 5.92 Å². The van der Waals surface area contributed by atoms with E-state index in [0.717, 1.165) is 5.75 Å². The molecule has 0 atom stereocenters. The van der Waals surface area contributed by atoms with Crippen molar-refractivity contribution in [2.24, 2.45) is 5.92 Å². The first-order chi connectivity index (χ1) is 6.66. The molecule has 1 aromatic rings. The largest absolute Gasteiger partial charge is 0.493 e. The van der Waals surface area contributed by atoms with Crippen LogP contribution in [-0.2, 0) is 0 Å². The van der Waals surface area contributed by atoms with E-state index in [2.05, 4.69) is 6.07 Å². The third-order valence-corrected chi connectivity index (χ3v) is 2.35. The maximum atomic E-state index is 12.5. The Morgan fingerprint density at radius 2 is 2.00 bits per heavy atom. The Morgan fingerprint density at radius 3 is 2.57 bits per heavy atom. The summed E-state index contributed by atoms with van der Waals surface area (Å²) < 4.78 is 30.3. The zero-order valence-corrected chi connectivity index (χ0v) is 7.67. The highest BCUT2D eigenvalue weighted by Gasteiger charge is 2.45. The summed E-state index contributed by atoms with van der Waals surface area (Å²) in [6, 6.07) is 9.89. The monoisotopic (exact) mass is 197 g/mol. The molecule has 1 radical (unpaired) electrons. The lowest BCUT2D eigenvalue weighted by Crippen LogP contribution is -2.38. The van der Waals surface area contributed by atoms with E-state index in [-0.39, 0.29) is 18.8 Å². The summed E-state index contributed by atoms with van der Waals surface area (Å²) in [5.74, 6) is -1.72. The number of rotatable bonds is 3. The second-order valence-corrected chi connectivity index (χ2v) is 3.68. The molecule has 2 rings (SSSR count). The molecule has 1 aliphatic carbocycles. The summed E-state index contributed by atoms with van der Waals surface area (Å²) in [4.78, 5) is 0. The third-order valence-electron chi connectivity index (χ3n) is 2.35. The minimum atomic E-state index is -2.45. The summed E-state index contributed by atoms with van der Waals surface area (Å²) >= 11 is 0. The standard InChI is InChI=1S/C11H11F2O/c12-11(13)6-9(7-11)8-14-10-4-2-1-3-5-10/h2-5,9H,6-8H2. The zero-order chi connectivity index (χ0) is 10.0. The number of ether oxygens (including phenoxy) is 1. The van der Waals surface area contributed by atoms with Crippen LogP contribution in [0.15, 0.2) is 24.3 Å². The van der Waals surface area contributed by atoms with Crippen LogP contribution in [0.4, 0.5) is 8.78 Å². The van der Waals surface area contributed by atoms with Crippen LogP contribution < -0.4 is 4.74 Å². The van der Waals surface area contributed by atoms with Crippen LogP contribution in [0.1, 0.15) is 12.8 Å². The highest BCUT2D eigenvalue weighted by atomic mass is 19.3. The van der Waals surface area contributed by atoms with Gasteiger partial charge >= 0.3 is 0 Å². The number of alkyl halides is 2. The summed E-state index contributed by atoms with van der Waals surface area (Å²) in [7, 11) is 0. The molecule has 1 nitrogen and oxygen atoms in total. The van der Waals surface area contributed by atoms with Gasteiger partial charge in [-0.2, -0.15) is 0 Å². The molecule has 75 valence electrons.